The molecule has 17 heavy (non-hydrogen) atoms. The van der Waals surface area contributed by atoms with Crippen LogP contribution >= 0.6 is 0 Å². The van der Waals surface area contributed by atoms with Gasteiger partial charge >= 0.3 is 0 Å². The van der Waals surface area contributed by atoms with E-state index in [1.165, 1.54) is 5.56 Å². The Balaban J connectivity index is 0.000000360. The second kappa shape index (κ2) is 10.4. The van der Waals surface area contributed by atoms with E-state index in [9.17, 15) is 0 Å². The minimum Gasteiger partial charge on any atom is -0.748 e. The van der Waals surface area contributed by atoms with Gasteiger partial charge in [0.15, 0.2) is 0 Å². The van der Waals surface area contributed by atoms with Crippen molar-refractivity contribution in [2.45, 2.75) is 20.4 Å². The van der Waals surface area contributed by atoms with Gasteiger partial charge in [-0.1, -0.05) is 13.8 Å². The van der Waals surface area contributed by atoms with E-state index < -0.39 is 0 Å². The van der Waals surface area contributed by atoms with E-state index in [1.54, 1.807) is 0 Å². The van der Waals surface area contributed by atoms with Crippen LogP contribution in [0.1, 0.15) is 19.4 Å². The molecule has 2 heteroatoms. The van der Waals surface area contributed by atoms with E-state index in [0.29, 0.717) is 0 Å². The van der Waals surface area contributed by atoms with Gasteiger partial charge in [-0.25, -0.2) is 12.1 Å². The fraction of sp³-hybridized carbons (Fsp3) is 0.333. The zero-order valence-electron chi connectivity index (χ0n) is 10.6. The molecule has 0 N–H and O–H groups in total. The zero-order chi connectivity index (χ0) is 11.6. The van der Waals surface area contributed by atoms with E-state index in [-0.39, 0.29) is 19.5 Å². The molecule has 2 aromatic carbocycles. The van der Waals surface area contributed by atoms with Crippen molar-refractivity contribution in [2.75, 3.05) is 13.1 Å². The first-order valence-electron chi connectivity index (χ1n) is 5.96. The van der Waals surface area contributed by atoms with Gasteiger partial charge in [0, 0.05) is 19.5 Å². The summed E-state index contributed by atoms with van der Waals surface area (Å²) in [5.74, 6) is 0. The maximum Gasteiger partial charge on any atom is 0 e. The van der Waals surface area contributed by atoms with Crippen molar-refractivity contribution in [3.8, 4) is 0 Å². The number of nitrogens with zero attached hydrogens (tertiary/aromatic N) is 1. The van der Waals surface area contributed by atoms with Gasteiger partial charge in [-0.3, -0.25) is 0 Å². The molecule has 0 amide bonds. The molecule has 0 bridgehead atoms. The zero-order valence-corrected chi connectivity index (χ0v) is 12.4. The van der Waals surface area contributed by atoms with Crippen molar-refractivity contribution >= 4 is 0 Å². The predicted octanol–water partition coefficient (Wildman–Crippen LogP) is 3.65. The molecule has 0 fully saturated rings. The summed E-state index contributed by atoms with van der Waals surface area (Å²) in [6.45, 7) is 7.78. The summed E-state index contributed by atoms with van der Waals surface area (Å²) in [5, 5.41) is 0. The van der Waals surface area contributed by atoms with Crippen LogP contribution in [0, 0.1) is 0 Å². The molecular formula is C15H21NRu-6. The van der Waals surface area contributed by atoms with Gasteiger partial charge in [0.25, 0.3) is 0 Å². The first-order chi connectivity index (χ1) is 7.86. The monoisotopic (exact) mass is 317 g/mol. The summed E-state index contributed by atoms with van der Waals surface area (Å²) in [6.07, 6.45) is 0. The molecular weight excluding hydrogens is 295 g/mol. The van der Waals surface area contributed by atoms with E-state index in [1.807, 2.05) is 30.3 Å². The smallest absolute Gasteiger partial charge is 0 e. The summed E-state index contributed by atoms with van der Waals surface area (Å²) in [5.41, 5.74) is 1.42. The maximum atomic E-state index is 2.41. The van der Waals surface area contributed by atoms with Crippen LogP contribution in [0.25, 0.3) is 0 Å². The standard InChI is InChI=1S/C10H16N.C5H5.Ru/c1-3-11(4-2)9-10-7-5-6-8-10;1-2-4-5-3-1;/h5-8H,3-4,9H2,1-2H3;1-5H;/q-1;-5;. The third kappa shape index (κ3) is 7.25. The minimum atomic E-state index is 0. The Bertz CT molecular complexity index is 302. The maximum absolute atomic E-state index is 2.41. The van der Waals surface area contributed by atoms with Crippen molar-refractivity contribution in [3.63, 3.8) is 0 Å². The Hall–Kier alpha value is -0.717. The molecule has 0 atom stereocenters. The predicted molar refractivity (Wildman–Crippen MR) is 70.7 cm³/mol. The van der Waals surface area contributed by atoms with Crippen molar-refractivity contribution in [3.05, 3.63) is 60.2 Å². The molecule has 0 aliphatic heterocycles. The summed E-state index contributed by atoms with van der Waals surface area (Å²) >= 11 is 0. The van der Waals surface area contributed by atoms with Crippen LogP contribution in [-0.4, -0.2) is 18.0 Å². The third-order valence-electron chi connectivity index (χ3n) is 2.59. The largest absolute Gasteiger partial charge is 0.748 e. The summed E-state index contributed by atoms with van der Waals surface area (Å²) in [4.78, 5) is 2.41. The van der Waals surface area contributed by atoms with Gasteiger partial charge in [-0.05, 0) is 19.6 Å². The van der Waals surface area contributed by atoms with Gasteiger partial charge < -0.3 is 35.2 Å². The number of hydrogen-bond donors (Lipinski definition) is 0. The molecule has 1 nitrogen and oxygen atoms in total. The van der Waals surface area contributed by atoms with Gasteiger partial charge in [-0.2, -0.15) is 12.1 Å². The van der Waals surface area contributed by atoms with Crippen LogP contribution < -0.4 is 0 Å². The molecule has 0 unspecified atom stereocenters. The molecule has 0 aliphatic carbocycles. The van der Waals surface area contributed by atoms with Crippen LogP contribution in [0.4, 0.5) is 0 Å². The second-order valence-electron chi connectivity index (χ2n) is 3.72. The Kier molecular flexibility index (Phi) is 10.00. The quantitative estimate of drug-likeness (QED) is 0.615. The molecule has 0 saturated carbocycles. The topological polar surface area (TPSA) is 3.24 Å². The van der Waals surface area contributed by atoms with Gasteiger partial charge in [0.2, 0.25) is 0 Å². The molecule has 0 heterocycles. The molecule has 0 spiro atoms. The van der Waals surface area contributed by atoms with Crippen LogP contribution in [-0.2, 0) is 26.0 Å². The summed E-state index contributed by atoms with van der Waals surface area (Å²) < 4.78 is 0. The Morgan fingerprint density at radius 3 is 1.65 bits per heavy atom. The van der Waals surface area contributed by atoms with Gasteiger partial charge in [-0.15, -0.1) is 5.56 Å². The Morgan fingerprint density at radius 2 is 1.29 bits per heavy atom. The van der Waals surface area contributed by atoms with E-state index >= 15 is 0 Å². The Morgan fingerprint density at radius 1 is 0.882 bits per heavy atom. The SMILES string of the molecule is CCN(CC)C[c-]1cccc1.[Ru].[cH-]1[cH-][cH-][cH-][cH-]1. The van der Waals surface area contributed by atoms with Gasteiger partial charge in [0.05, 0.1) is 0 Å². The van der Waals surface area contributed by atoms with Crippen LogP contribution in [0.3, 0.4) is 0 Å². The van der Waals surface area contributed by atoms with E-state index in [4.69, 9.17) is 0 Å². The molecule has 2 aromatic rings. The molecule has 0 saturated heterocycles. The Labute approximate surface area is 118 Å². The molecule has 0 aliphatic rings. The fourth-order valence-electron chi connectivity index (χ4n) is 1.55. The molecule has 2 rings (SSSR count). The average molecular weight is 316 g/mol. The van der Waals surface area contributed by atoms with Crippen molar-refractivity contribution in [1.82, 2.24) is 4.90 Å². The second-order valence-corrected chi connectivity index (χ2v) is 3.72. The fourth-order valence-corrected chi connectivity index (χ4v) is 1.55. The van der Waals surface area contributed by atoms with Crippen molar-refractivity contribution < 1.29 is 19.5 Å². The normalized spacial score (nSPS) is 9.35. The molecule has 0 radical (unpaired) electrons. The first kappa shape index (κ1) is 16.3. The van der Waals surface area contributed by atoms with Crippen molar-refractivity contribution in [1.29, 1.82) is 0 Å². The van der Waals surface area contributed by atoms with Gasteiger partial charge in [0.1, 0.15) is 0 Å². The minimum absolute atomic E-state index is 0. The number of rotatable bonds is 4. The van der Waals surface area contributed by atoms with Crippen LogP contribution in [0.15, 0.2) is 54.6 Å². The first-order valence-corrected chi connectivity index (χ1v) is 5.96. The molecule has 0 aromatic heterocycles. The van der Waals surface area contributed by atoms with Crippen LogP contribution in [0.2, 0.25) is 0 Å². The van der Waals surface area contributed by atoms with E-state index in [2.05, 4.69) is 43.0 Å². The summed E-state index contributed by atoms with van der Waals surface area (Å²) in [6, 6.07) is 18.5. The van der Waals surface area contributed by atoms with E-state index in [0.717, 1.165) is 19.6 Å². The summed E-state index contributed by atoms with van der Waals surface area (Å²) in [7, 11) is 0. The van der Waals surface area contributed by atoms with Crippen LogP contribution in [0.5, 0.6) is 0 Å². The molecule has 100 valence electrons. The van der Waals surface area contributed by atoms with Crippen molar-refractivity contribution in [2.24, 2.45) is 0 Å². The third-order valence-corrected chi connectivity index (χ3v) is 2.59. The average Bonchev–Trinajstić information content (AvgIpc) is 3.01. The number of hydrogen-bond acceptors (Lipinski definition) is 1.